The number of alkyl carbamates (subject to hydrolysis) is 1. The topological polar surface area (TPSA) is 128 Å². The van der Waals surface area contributed by atoms with Crippen LogP contribution in [0.1, 0.15) is 87.3 Å². The third kappa shape index (κ3) is 6.48. The van der Waals surface area contributed by atoms with Gasteiger partial charge in [0, 0.05) is 36.9 Å². The smallest absolute Gasteiger partial charge is 0.407 e. The Labute approximate surface area is 322 Å². The molecule has 2 aromatic heterocycles. The number of para-hydroxylation sites is 2. The summed E-state index contributed by atoms with van der Waals surface area (Å²) in [6.07, 6.45) is 9.49. The summed E-state index contributed by atoms with van der Waals surface area (Å²) >= 11 is 0. The first kappa shape index (κ1) is 36.0. The largest absolute Gasteiger partial charge is 0.481 e. The van der Waals surface area contributed by atoms with Crippen molar-refractivity contribution in [2.45, 2.75) is 95.5 Å². The third-order valence-corrected chi connectivity index (χ3v) is 12.0. The third-order valence-electron chi connectivity index (χ3n) is 12.0. The zero-order valence-electron chi connectivity index (χ0n) is 31.8. The lowest BCUT2D eigenvalue weighted by Gasteiger charge is -2.36. The van der Waals surface area contributed by atoms with Crippen LogP contribution in [0.4, 0.5) is 9.18 Å². The summed E-state index contributed by atoms with van der Waals surface area (Å²) in [5.41, 5.74) is 1.19. The second kappa shape index (κ2) is 13.8. The average molecular weight is 760 g/mol. The number of rotatable bonds is 6. The summed E-state index contributed by atoms with van der Waals surface area (Å²) in [7, 11) is 0. The Hall–Kier alpha value is -5.65. The molecule has 11 nitrogen and oxygen atoms in total. The molecule has 2 aliphatic carbocycles. The van der Waals surface area contributed by atoms with E-state index in [1.807, 2.05) is 79.9 Å². The number of aromatic amines is 1. The van der Waals surface area contributed by atoms with Gasteiger partial charge in [-0.2, -0.15) is 0 Å². The number of carbonyl (C=O) groups is 2. The number of amides is 2. The van der Waals surface area contributed by atoms with Crippen LogP contribution < -0.4 is 31.6 Å². The van der Waals surface area contributed by atoms with Gasteiger partial charge in [0.1, 0.15) is 23.1 Å². The van der Waals surface area contributed by atoms with Gasteiger partial charge >= 0.3 is 11.8 Å². The molecule has 56 heavy (non-hydrogen) atoms. The highest BCUT2D eigenvalue weighted by atomic mass is 19.1. The van der Waals surface area contributed by atoms with E-state index in [2.05, 4.69) is 16.4 Å². The number of hydrogen-bond acceptors (Lipinski definition) is 6. The number of imidazole rings is 1. The molecule has 4 heterocycles. The van der Waals surface area contributed by atoms with Gasteiger partial charge in [0.25, 0.3) is 5.91 Å². The molecule has 290 valence electrons. The van der Waals surface area contributed by atoms with E-state index in [1.54, 1.807) is 15.7 Å². The molecule has 1 saturated carbocycles. The van der Waals surface area contributed by atoms with Crippen LogP contribution in [0.15, 0.2) is 70.4 Å². The minimum Gasteiger partial charge on any atom is -0.481 e. The maximum absolute atomic E-state index is 16.4. The van der Waals surface area contributed by atoms with E-state index in [-0.39, 0.29) is 40.7 Å². The van der Waals surface area contributed by atoms with Gasteiger partial charge in [-0.15, -0.1) is 0 Å². The Morgan fingerprint density at radius 3 is 2.48 bits per heavy atom. The lowest BCUT2D eigenvalue weighted by atomic mass is 9.93. The van der Waals surface area contributed by atoms with E-state index in [1.165, 1.54) is 6.07 Å². The summed E-state index contributed by atoms with van der Waals surface area (Å²) in [5.74, 6) is -0.343. The second-order valence-corrected chi connectivity index (χ2v) is 16.8. The molecule has 2 N–H and O–H groups in total. The van der Waals surface area contributed by atoms with E-state index in [4.69, 9.17) is 9.47 Å². The highest BCUT2D eigenvalue weighted by Crippen LogP contribution is 2.42. The number of nitrogens with one attached hydrogen (secondary N) is 2. The number of nitrogens with zero attached hydrogens (tertiary/aromatic N) is 3. The van der Waals surface area contributed by atoms with Gasteiger partial charge in [0.15, 0.2) is 5.75 Å². The summed E-state index contributed by atoms with van der Waals surface area (Å²) in [6, 6.07) is 16.3. The molecule has 4 unspecified atom stereocenters. The van der Waals surface area contributed by atoms with Crippen molar-refractivity contribution < 1.29 is 23.5 Å². The first-order chi connectivity index (χ1) is 26.9. The van der Waals surface area contributed by atoms with Gasteiger partial charge in [0.05, 0.1) is 28.0 Å². The molecule has 5 aromatic rings. The quantitative estimate of drug-likeness (QED) is 0.237. The number of hydrogen-bond donors (Lipinski definition) is 2. The van der Waals surface area contributed by atoms with E-state index >= 15 is 4.39 Å². The van der Waals surface area contributed by atoms with Crippen molar-refractivity contribution in [2.75, 3.05) is 13.1 Å². The Bertz CT molecular complexity index is 2650. The number of H-pyrrole nitrogens is 1. The fraction of sp³-hybridized carbons (Fsp3) is 0.409. The van der Waals surface area contributed by atoms with Crippen molar-refractivity contribution >= 4 is 46.1 Å². The van der Waals surface area contributed by atoms with Gasteiger partial charge in [-0.25, -0.2) is 14.0 Å². The van der Waals surface area contributed by atoms with Crippen molar-refractivity contribution in [3.05, 3.63) is 109 Å². The molecule has 2 amide bonds. The van der Waals surface area contributed by atoms with Crippen molar-refractivity contribution in [2.24, 2.45) is 5.92 Å². The summed E-state index contributed by atoms with van der Waals surface area (Å²) < 4.78 is 32.3. The number of pyridine rings is 1. The van der Waals surface area contributed by atoms with E-state index in [0.29, 0.717) is 55.6 Å². The Morgan fingerprint density at radius 2 is 1.71 bits per heavy atom. The van der Waals surface area contributed by atoms with E-state index in [9.17, 15) is 19.2 Å². The molecule has 12 heteroatoms. The fourth-order valence-electron chi connectivity index (χ4n) is 9.31. The lowest BCUT2D eigenvalue weighted by molar-refractivity contribution is 0.0504. The highest BCUT2D eigenvalue weighted by molar-refractivity contribution is 5.99. The molecule has 0 bridgehead atoms. The number of fused-ring (bicyclic) bond motifs is 4. The van der Waals surface area contributed by atoms with Crippen LogP contribution in [-0.2, 0) is 11.2 Å². The van der Waals surface area contributed by atoms with Crippen LogP contribution in [0.3, 0.4) is 0 Å². The van der Waals surface area contributed by atoms with Crippen LogP contribution in [-0.4, -0.2) is 61.9 Å². The zero-order chi connectivity index (χ0) is 38.9. The number of halogens is 1. The van der Waals surface area contributed by atoms with Crippen LogP contribution in [0.25, 0.3) is 34.1 Å². The normalized spacial score (nSPS) is 21.8. The van der Waals surface area contributed by atoms with E-state index < -0.39 is 35.0 Å². The molecule has 4 aliphatic rings. The maximum Gasteiger partial charge on any atom is 0.407 e. The number of likely N-dealkylation sites (tertiary alicyclic amines) is 1. The standard InChI is InChI=1S/C44H46FN5O6/c1-44(2,3)56-43(54)46-28-14-12-25(20-28)13-15-30-33(45)23-31-38-40(30)55-37-22-27-9-5-4-8-26(27)21-36(37)49(38)24-32(39(31)51)41(52)48-18-16-29(17-19-48)50-35-11-7-6-10-34(35)47-42(50)53/h4-11,21-25,28-29,36-37H,12-20H2,1-3H3,(H,46,54)(H,47,53). The molecule has 2 fully saturated rings. The molecule has 2 aliphatic heterocycles. The van der Waals surface area contributed by atoms with Crippen molar-refractivity contribution in [3.63, 3.8) is 0 Å². The van der Waals surface area contributed by atoms with Gasteiger partial charge in [-0.05, 0) is 112 Å². The van der Waals surface area contributed by atoms with E-state index in [0.717, 1.165) is 40.7 Å². The minimum absolute atomic E-state index is 0.0116. The minimum atomic E-state index is -0.584. The summed E-state index contributed by atoms with van der Waals surface area (Å²) in [6.45, 7) is 6.23. The predicted molar refractivity (Wildman–Crippen MR) is 212 cm³/mol. The van der Waals surface area contributed by atoms with Crippen LogP contribution in [0.5, 0.6) is 5.75 Å². The Kier molecular flexibility index (Phi) is 8.89. The predicted octanol–water partition coefficient (Wildman–Crippen LogP) is 5.46. The first-order valence-corrected chi connectivity index (χ1v) is 19.8. The molecule has 0 spiro atoms. The van der Waals surface area contributed by atoms with Crippen molar-refractivity contribution in [1.29, 1.82) is 0 Å². The molecule has 4 atom stereocenters. The summed E-state index contributed by atoms with van der Waals surface area (Å²) in [5, 5.41) is 5.10. The number of ether oxygens (including phenoxy) is 2. The Balaban J connectivity index is 1.02. The molecule has 9 rings (SSSR count). The fourth-order valence-corrected chi connectivity index (χ4v) is 9.31. The number of aromatic nitrogens is 3. The first-order valence-electron chi connectivity index (χ1n) is 19.8. The van der Waals surface area contributed by atoms with Crippen LogP contribution in [0, 0.1) is 11.7 Å². The molecule has 0 radical (unpaired) electrons. The van der Waals surface area contributed by atoms with Gasteiger partial charge < -0.3 is 29.2 Å². The van der Waals surface area contributed by atoms with Crippen molar-refractivity contribution in [1.82, 2.24) is 24.3 Å². The summed E-state index contributed by atoms with van der Waals surface area (Å²) in [4.78, 5) is 58.5. The SMILES string of the molecule is CC(C)(C)OC(=O)NC1CCC(CCc2c(F)cc3c(=O)c(C(=O)N4CCC(n5c(=O)[nH]c6ccccc65)CC4)cn4c3c2OC2C=c3ccccc3=CC24)C1. The van der Waals surface area contributed by atoms with Gasteiger partial charge in [-0.1, -0.05) is 36.4 Å². The monoisotopic (exact) mass is 759 g/mol. The average Bonchev–Trinajstić information content (AvgIpc) is 3.76. The zero-order valence-corrected chi connectivity index (χ0v) is 31.8. The molecule has 3 aromatic carbocycles. The molecular formula is C44H46FN5O6. The van der Waals surface area contributed by atoms with Crippen LogP contribution in [0.2, 0.25) is 0 Å². The maximum atomic E-state index is 16.4. The number of piperidine rings is 1. The number of benzene rings is 3. The lowest BCUT2D eigenvalue weighted by Crippen LogP contribution is -2.44. The Morgan fingerprint density at radius 1 is 0.982 bits per heavy atom. The highest BCUT2D eigenvalue weighted by Gasteiger charge is 2.37. The molecule has 1 saturated heterocycles. The van der Waals surface area contributed by atoms with Crippen molar-refractivity contribution in [3.8, 4) is 5.75 Å². The van der Waals surface area contributed by atoms with Gasteiger partial charge in [-0.3, -0.25) is 14.2 Å². The molecular weight excluding hydrogens is 714 g/mol. The van der Waals surface area contributed by atoms with Gasteiger partial charge in [0.2, 0.25) is 5.43 Å². The number of carbonyl (C=O) groups excluding carboxylic acids is 2. The second-order valence-electron chi connectivity index (χ2n) is 16.8. The van der Waals surface area contributed by atoms with Crippen LogP contribution >= 0.6 is 0 Å².